The van der Waals surface area contributed by atoms with E-state index in [4.69, 9.17) is 0 Å². The third kappa shape index (κ3) is 2.30. The quantitative estimate of drug-likeness (QED) is 0.493. The Morgan fingerprint density at radius 2 is 2.06 bits per heavy atom. The van der Waals surface area contributed by atoms with Crippen LogP contribution >= 0.6 is 49.9 Å². The summed E-state index contributed by atoms with van der Waals surface area (Å²) in [6.07, 6.45) is 4.59. The molecule has 0 saturated carbocycles. The maximum Gasteiger partial charge on any atom is 0.255 e. The first-order valence-corrected chi connectivity index (χ1v) is 8.73. The second kappa shape index (κ2) is 4.81. The van der Waals surface area contributed by atoms with Gasteiger partial charge in [0.15, 0.2) is 0 Å². The highest BCUT2D eigenvalue weighted by Crippen LogP contribution is 2.39. The van der Waals surface area contributed by atoms with Crippen LogP contribution in [0.4, 0.5) is 0 Å². The molecular formula is C12H13BrINOS. The average Bonchev–Trinajstić information content (AvgIpc) is 2.81. The number of nitrogens with zero attached hydrogens (tertiary/aromatic N) is 1. The summed E-state index contributed by atoms with van der Waals surface area (Å²) in [7, 11) is 0. The van der Waals surface area contributed by atoms with Gasteiger partial charge in [-0.3, -0.25) is 4.79 Å². The molecule has 2 aliphatic heterocycles. The van der Waals surface area contributed by atoms with Gasteiger partial charge in [0.2, 0.25) is 0 Å². The van der Waals surface area contributed by atoms with Gasteiger partial charge in [-0.05, 0) is 54.3 Å². The predicted octanol–water partition coefficient (Wildman–Crippen LogP) is 3.88. The zero-order valence-electron chi connectivity index (χ0n) is 9.23. The van der Waals surface area contributed by atoms with Crippen molar-refractivity contribution in [3.05, 3.63) is 19.9 Å². The second-order valence-electron chi connectivity index (χ2n) is 4.81. The largest absolute Gasteiger partial charge is 0.333 e. The Bertz CT molecular complexity index is 435. The summed E-state index contributed by atoms with van der Waals surface area (Å²) in [5.41, 5.74) is 0.879. The number of carbonyl (C=O) groups excluding carboxylic acids is 1. The molecule has 3 heterocycles. The van der Waals surface area contributed by atoms with Gasteiger partial charge >= 0.3 is 0 Å². The monoisotopic (exact) mass is 425 g/mol. The summed E-state index contributed by atoms with van der Waals surface area (Å²) in [4.78, 5) is 15.2. The Morgan fingerprint density at radius 3 is 2.59 bits per heavy atom. The Kier molecular flexibility index (Phi) is 3.51. The number of alkyl halides is 1. The average molecular weight is 426 g/mol. The molecule has 0 aromatic carbocycles. The topological polar surface area (TPSA) is 20.3 Å². The lowest BCUT2D eigenvalue weighted by Gasteiger charge is -2.37. The number of piperidine rings is 1. The molecule has 0 spiro atoms. The summed E-state index contributed by atoms with van der Waals surface area (Å²) in [6.45, 7) is 0. The molecule has 2 nitrogen and oxygen atoms in total. The van der Waals surface area contributed by atoms with Crippen LogP contribution in [-0.4, -0.2) is 27.7 Å². The Labute approximate surface area is 127 Å². The summed E-state index contributed by atoms with van der Waals surface area (Å²) >= 11 is 7.63. The molecule has 2 atom stereocenters. The molecule has 0 N–H and O–H groups in total. The van der Waals surface area contributed by atoms with E-state index in [9.17, 15) is 4.79 Å². The Morgan fingerprint density at radius 1 is 1.41 bits per heavy atom. The molecule has 92 valence electrons. The van der Waals surface area contributed by atoms with E-state index < -0.39 is 0 Å². The van der Waals surface area contributed by atoms with Crippen molar-refractivity contribution in [3.63, 3.8) is 0 Å². The molecule has 1 aromatic heterocycles. The fourth-order valence-corrected chi connectivity index (χ4v) is 5.20. The molecule has 17 heavy (non-hydrogen) atoms. The molecule has 1 aromatic rings. The molecule has 1 amide bonds. The number of hydrogen-bond donors (Lipinski definition) is 0. The maximum atomic E-state index is 12.5. The summed E-state index contributed by atoms with van der Waals surface area (Å²) < 4.78 is 1.19. The van der Waals surface area contributed by atoms with Gasteiger partial charge in [0.1, 0.15) is 0 Å². The molecule has 2 saturated heterocycles. The van der Waals surface area contributed by atoms with E-state index in [0.717, 1.165) is 18.4 Å². The highest BCUT2D eigenvalue weighted by molar-refractivity contribution is 14.1. The van der Waals surface area contributed by atoms with Gasteiger partial charge in [0.05, 0.1) is 8.45 Å². The highest BCUT2D eigenvalue weighted by atomic mass is 127. The van der Waals surface area contributed by atoms with Crippen molar-refractivity contribution in [2.45, 2.75) is 42.6 Å². The van der Waals surface area contributed by atoms with Gasteiger partial charge in [-0.25, -0.2) is 0 Å². The fourth-order valence-electron chi connectivity index (χ4n) is 3.01. The number of hydrogen-bond acceptors (Lipinski definition) is 2. The minimum Gasteiger partial charge on any atom is -0.333 e. The van der Waals surface area contributed by atoms with E-state index in [1.807, 2.05) is 11.4 Å². The van der Waals surface area contributed by atoms with Gasteiger partial charge in [0, 0.05) is 22.3 Å². The van der Waals surface area contributed by atoms with Crippen molar-refractivity contribution in [1.82, 2.24) is 4.90 Å². The van der Waals surface area contributed by atoms with Crippen LogP contribution in [0.25, 0.3) is 0 Å². The van der Waals surface area contributed by atoms with Crippen LogP contribution in [-0.2, 0) is 0 Å². The van der Waals surface area contributed by atoms with E-state index >= 15 is 0 Å². The summed E-state index contributed by atoms with van der Waals surface area (Å²) in [5.74, 6) is 0.246. The van der Waals surface area contributed by atoms with Crippen molar-refractivity contribution < 1.29 is 4.79 Å². The molecule has 2 fully saturated rings. The van der Waals surface area contributed by atoms with Crippen molar-refractivity contribution >= 4 is 55.8 Å². The van der Waals surface area contributed by atoms with Crippen LogP contribution < -0.4 is 0 Å². The van der Waals surface area contributed by atoms with E-state index in [2.05, 4.69) is 43.4 Å². The van der Waals surface area contributed by atoms with E-state index in [0.29, 0.717) is 16.9 Å². The van der Waals surface area contributed by atoms with Gasteiger partial charge in [-0.15, -0.1) is 11.3 Å². The minimum atomic E-state index is 0.246. The van der Waals surface area contributed by atoms with Crippen LogP contribution in [0.1, 0.15) is 36.0 Å². The molecule has 2 bridgehead atoms. The van der Waals surface area contributed by atoms with Gasteiger partial charge in [0.25, 0.3) is 5.91 Å². The highest BCUT2D eigenvalue weighted by Gasteiger charge is 2.42. The number of halogens is 2. The minimum absolute atomic E-state index is 0.246. The number of fused-ring (bicyclic) bond motifs is 2. The van der Waals surface area contributed by atoms with Crippen LogP contribution in [0.3, 0.4) is 0 Å². The van der Waals surface area contributed by atoms with Gasteiger partial charge < -0.3 is 4.90 Å². The summed E-state index contributed by atoms with van der Waals surface area (Å²) in [5, 5.41) is 1.99. The molecular weight excluding hydrogens is 413 g/mol. The zero-order chi connectivity index (χ0) is 12.0. The zero-order valence-corrected chi connectivity index (χ0v) is 13.8. The summed E-state index contributed by atoms with van der Waals surface area (Å²) in [6, 6.07) is 2.93. The van der Waals surface area contributed by atoms with E-state index in [1.165, 1.54) is 15.7 Å². The van der Waals surface area contributed by atoms with E-state index in [1.54, 1.807) is 11.3 Å². The smallest absolute Gasteiger partial charge is 0.255 e. The van der Waals surface area contributed by atoms with Crippen molar-refractivity contribution in [1.29, 1.82) is 0 Å². The number of rotatable bonds is 1. The molecule has 0 aliphatic carbocycles. The van der Waals surface area contributed by atoms with Crippen molar-refractivity contribution in [2.24, 2.45) is 0 Å². The van der Waals surface area contributed by atoms with Gasteiger partial charge in [-0.1, -0.05) is 15.9 Å². The first kappa shape index (κ1) is 12.4. The molecule has 0 radical (unpaired) electrons. The molecule has 2 aliphatic rings. The molecule has 2 unspecified atom stereocenters. The second-order valence-corrected chi connectivity index (χ2v) is 8.91. The van der Waals surface area contributed by atoms with E-state index in [-0.39, 0.29) is 5.91 Å². The Hall–Kier alpha value is 0.380. The number of carbonyl (C=O) groups is 1. The number of amides is 1. The van der Waals surface area contributed by atoms with Crippen molar-refractivity contribution in [3.8, 4) is 0 Å². The third-order valence-electron chi connectivity index (χ3n) is 3.72. The Balaban J connectivity index is 1.83. The maximum absolute atomic E-state index is 12.5. The van der Waals surface area contributed by atoms with Crippen LogP contribution in [0, 0.1) is 2.88 Å². The first-order valence-electron chi connectivity index (χ1n) is 5.86. The standard InChI is InChI=1S/C12H13BrINOS/c13-8-4-9-1-2-10(5-8)15(9)12(16)7-3-11(14)17-6-7/h3,6,8-10H,1-2,4-5H2. The predicted molar refractivity (Wildman–Crippen MR) is 82.0 cm³/mol. The fraction of sp³-hybridized carbons (Fsp3) is 0.583. The third-order valence-corrected chi connectivity index (χ3v) is 6.26. The lowest BCUT2D eigenvalue weighted by molar-refractivity contribution is 0.0604. The normalized spacial score (nSPS) is 31.9. The lowest BCUT2D eigenvalue weighted by Crippen LogP contribution is -2.46. The SMILES string of the molecule is O=C(c1csc(I)c1)N1C2CCC1CC(Br)C2. The number of thiophene rings is 1. The molecule has 3 rings (SSSR count). The van der Waals surface area contributed by atoms with Crippen LogP contribution in [0.2, 0.25) is 0 Å². The lowest BCUT2D eigenvalue weighted by atomic mass is 10.0. The van der Waals surface area contributed by atoms with Crippen LogP contribution in [0.15, 0.2) is 11.4 Å². The van der Waals surface area contributed by atoms with Crippen LogP contribution in [0.5, 0.6) is 0 Å². The van der Waals surface area contributed by atoms with Gasteiger partial charge in [-0.2, -0.15) is 0 Å². The van der Waals surface area contributed by atoms with Crippen molar-refractivity contribution in [2.75, 3.05) is 0 Å². The molecule has 5 heteroatoms. The first-order chi connectivity index (χ1) is 8.15.